The Morgan fingerprint density at radius 1 is 1.70 bits per heavy atom. The van der Waals surface area contributed by atoms with E-state index in [2.05, 4.69) is 18.9 Å². The van der Waals surface area contributed by atoms with Gasteiger partial charge >= 0.3 is 7.82 Å². The Bertz CT molecular complexity index is 201. The Morgan fingerprint density at radius 3 is 2.60 bits per heavy atom. The quantitative estimate of drug-likeness (QED) is 0.447. The highest BCUT2D eigenvalue weighted by Crippen LogP contribution is 2.58. The van der Waals surface area contributed by atoms with E-state index in [1.165, 1.54) is 6.92 Å². The van der Waals surface area contributed by atoms with Gasteiger partial charge in [-0.15, -0.1) is 0 Å². The second kappa shape index (κ2) is 2.66. The molecule has 0 N–H and O–H groups in total. The topological polar surface area (TPSA) is 77.8 Å². The number of rotatable bonds is 2. The van der Waals surface area contributed by atoms with Gasteiger partial charge < -0.3 is 0 Å². The van der Waals surface area contributed by atoms with Crippen LogP contribution in [0.2, 0.25) is 0 Å². The summed E-state index contributed by atoms with van der Waals surface area (Å²) in [6.45, 7) is 1.41. The molecule has 6 nitrogen and oxygen atoms in total. The summed E-state index contributed by atoms with van der Waals surface area (Å²) in [6.07, 6.45) is -0.838. The summed E-state index contributed by atoms with van der Waals surface area (Å²) in [4.78, 5) is 0. The molecule has 0 amide bonds. The standard InChI is InChI=1S/C3H4NO5P/c1-3(2-4)6-10(5)8-7-9-10/h3H,1H3. The molecule has 56 valence electrons. The maximum absolute atomic E-state index is 10.7. The lowest BCUT2D eigenvalue weighted by molar-refractivity contribution is -0.500. The zero-order valence-electron chi connectivity index (χ0n) is 5.01. The van der Waals surface area contributed by atoms with E-state index in [9.17, 15) is 4.57 Å². The van der Waals surface area contributed by atoms with Crippen LogP contribution < -0.4 is 0 Å². The van der Waals surface area contributed by atoms with Crippen molar-refractivity contribution in [2.45, 2.75) is 13.0 Å². The van der Waals surface area contributed by atoms with E-state index in [-0.39, 0.29) is 0 Å². The van der Waals surface area contributed by atoms with Crippen molar-refractivity contribution in [3.63, 3.8) is 0 Å². The minimum atomic E-state index is -3.51. The van der Waals surface area contributed by atoms with Crippen LogP contribution in [0.5, 0.6) is 0 Å². The summed E-state index contributed by atoms with van der Waals surface area (Å²) >= 11 is 0. The zero-order chi connectivity index (χ0) is 7.61. The first-order chi connectivity index (χ1) is 4.66. The molecule has 1 heterocycles. The Balaban J connectivity index is 2.39. The van der Waals surface area contributed by atoms with E-state index in [1.807, 2.05) is 0 Å². The largest absolute Gasteiger partial charge is 0.535 e. The second-order valence-corrected chi connectivity index (χ2v) is 2.94. The molecule has 1 saturated heterocycles. The highest BCUT2D eigenvalue weighted by molar-refractivity contribution is 7.48. The van der Waals surface area contributed by atoms with Crippen molar-refractivity contribution in [3.8, 4) is 6.07 Å². The molecule has 0 spiro atoms. The molecular weight excluding hydrogens is 161 g/mol. The van der Waals surface area contributed by atoms with Crippen molar-refractivity contribution in [1.29, 1.82) is 5.26 Å². The van der Waals surface area contributed by atoms with E-state index < -0.39 is 13.9 Å². The predicted molar refractivity (Wildman–Crippen MR) is 27.0 cm³/mol. The van der Waals surface area contributed by atoms with Crippen molar-refractivity contribution in [3.05, 3.63) is 0 Å². The maximum atomic E-state index is 10.7. The molecule has 0 aromatic carbocycles. The molecular formula is C3H4NO5P. The number of phosphoric acid groups is 1. The third-order valence-corrected chi connectivity index (χ3v) is 1.77. The average molecular weight is 165 g/mol. The summed E-state index contributed by atoms with van der Waals surface area (Å²) in [5, 5.41) is 11.9. The monoisotopic (exact) mass is 165 g/mol. The summed E-state index contributed by atoms with van der Waals surface area (Å²) < 4.78 is 23.0. The smallest absolute Gasteiger partial charge is 0.265 e. The van der Waals surface area contributed by atoms with Gasteiger partial charge in [-0.3, -0.25) is 4.52 Å². The van der Waals surface area contributed by atoms with Gasteiger partial charge in [0.1, 0.15) is 0 Å². The first-order valence-corrected chi connectivity index (χ1v) is 3.85. The molecule has 1 aliphatic rings. The lowest BCUT2D eigenvalue weighted by atomic mass is 10.5. The Morgan fingerprint density at radius 2 is 2.30 bits per heavy atom. The molecule has 0 bridgehead atoms. The fourth-order valence-electron chi connectivity index (χ4n) is 0.332. The van der Waals surface area contributed by atoms with Crippen LogP contribution in [0.25, 0.3) is 0 Å². The average Bonchev–Trinajstić information content (AvgIpc) is 1.84. The maximum Gasteiger partial charge on any atom is 0.535 e. The van der Waals surface area contributed by atoms with Gasteiger partial charge in [-0.05, 0) is 12.0 Å². The molecule has 1 atom stereocenters. The lowest BCUT2D eigenvalue weighted by Gasteiger charge is -2.20. The lowest BCUT2D eigenvalue weighted by Crippen LogP contribution is -2.14. The van der Waals surface area contributed by atoms with Crippen molar-refractivity contribution in [1.82, 2.24) is 0 Å². The molecule has 0 saturated carbocycles. The Hall–Kier alpha value is -0.440. The summed E-state index contributed by atoms with van der Waals surface area (Å²) in [7, 11) is -3.51. The van der Waals surface area contributed by atoms with Crippen LogP contribution in [0.1, 0.15) is 6.92 Å². The third kappa shape index (κ3) is 1.53. The Labute approximate surface area is 56.7 Å². The fourth-order valence-corrected chi connectivity index (χ4v) is 0.997. The highest BCUT2D eigenvalue weighted by Gasteiger charge is 2.42. The van der Waals surface area contributed by atoms with Crippen LogP contribution in [0.3, 0.4) is 0 Å². The third-order valence-electron chi connectivity index (χ3n) is 0.712. The minimum absolute atomic E-state index is 0.838. The van der Waals surface area contributed by atoms with E-state index in [1.54, 1.807) is 6.07 Å². The fraction of sp³-hybridized carbons (Fsp3) is 0.667. The van der Waals surface area contributed by atoms with Gasteiger partial charge in [-0.2, -0.15) is 5.26 Å². The van der Waals surface area contributed by atoms with Gasteiger partial charge in [0.2, 0.25) is 0 Å². The van der Waals surface area contributed by atoms with E-state index in [0.717, 1.165) is 0 Å². The van der Waals surface area contributed by atoms with E-state index >= 15 is 0 Å². The predicted octanol–water partition coefficient (Wildman–Crippen LogP) is 0.917. The first kappa shape index (κ1) is 7.66. The molecule has 0 aromatic rings. The van der Waals surface area contributed by atoms with Crippen molar-refractivity contribution in [2.75, 3.05) is 0 Å². The van der Waals surface area contributed by atoms with Gasteiger partial charge in [0.05, 0.1) is 6.07 Å². The van der Waals surface area contributed by atoms with Crippen LogP contribution in [-0.4, -0.2) is 6.10 Å². The molecule has 10 heavy (non-hydrogen) atoms. The van der Waals surface area contributed by atoms with Gasteiger partial charge in [-0.25, -0.2) is 4.57 Å². The summed E-state index contributed by atoms with van der Waals surface area (Å²) in [5.74, 6) is 0. The second-order valence-electron chi connectivity index (χ2n) is 1.54. The number of nitriles is 1. The van der Waals surface area contributed by atoms with Crippen LogP contribution in [0, 0.1) is 11.3 Å². The molecule has 1 aliphatic heterocycles. The molecule has 1 unspecified atom stereocenters. The van der Waals surface area contributed by atoms with Gasteiger partial charge in [0.15, 0.2) is 6.10 Å². The zero-order valence-corrected chi connectivity index (χ0v) is 5.91. The SMILES string of the molecule is CC(C#N)OP1(=O)OOO1. The van der Waals surface area contributed by atoms with Gasteiger partial charge in [0, 0.05) is 0 Å². The van der Waals surface area contributed by atoms with Crippen molar-refractivity contribution >= 4 is 7.82 Å². The molecule has 0 radical (unpaired) electrons. The number of hydrogen-bond donors (Lipinski definition) is 0. The van der Waals surface area contributed by atoms with Crippen LogP contribution in [0.15, 0.2) is 0 Å². The first-order valence-electron chi connectivity index (χ1n) is 2.39. The molecule has 1 fully saturated rings. The summed E-state index contributed by atoms with van der Waals surface area (Å²) in [6, 6.07) is 1.68. The summed E-state index contributed by atoms with van der Waals surface area (Å²) in [5.41, 5.74) is 0. The minimum Gasteiger partial charge on any atom is -0.265 e. The van der Waals surface area contributed by atoms with E-state index in [0.29, 0.717) is 0 Å². The van der Waals surface area contributed by atoms with E-state index in [4.69, 9.17) is 5.26 Å². The van der Waals surface area contributed by atoms with Crippen LogP contribution in [-0.2, 0) is 23.5 Å². The molecule has 1 rings (SSSR count). The number of hydrogen-bond acceptors (Lipinski definition) is 6. The van der Waals surface area contributed by atoms with Crippen molar-refractivity contribution in [2.24, 2.45) is 0 Å². The number of nitrogens with zero attached hydrogens (tertiary/aromatic N) is 1. The van der Waals surface area contributed by atoms with Gasteiger partial charge in [0.25, 0.3) is 0 Å². The molecule has 7 heteroatoms. The molecule has 0 aliphatic carbocycles. The Kier molecular flexibility index (Phi) is 2.04. The molecule has 0 aromatic heterocycles. The van der Waals surface area contributed by atoms with Crippen LogP contribution >= 0.6 is 7.82 Å². The van der Waals surface area contributed by atoms with Crippen LogP contribution in [0.4, 0.5) is 0 Å². The highest BCUT2D eigenvalue weighted by atomic mass is 31.2. The van der Waals surface area contributed by atoms with Gasteiger partial charge in [-0.1, -0.05) is 9.35 Å². The van der Waals surface area contributed by atoms with Crippen molar-refractivity contribution < 1.29 is 23.5 Å². The normalized spacial score (nSPS) is 24.4.